The third kappa shape index (κ3) is 1.17. The third-order valence-electron chi connectivity index (χ3n) is 3.83. The molecule has 0 aromatic heterocycles. The fraction of sp³-hybridized carbons (Fsp3) is 0.385. The summed E-state index contributed by atoms with van der Waals surface area (Å²) in [6, 6.07) is 10.1. The Labute approximate surface area is 105 Å². The van der Waals surface area contributed by atoms with E-state index in [1.54, 1.807) is 4.90 Å². The number of carbonyl (C=O) groups is 1. The van der Waals surface area contributed by atoms with Gasteiger partial charge in [0.1, 0.15) is 11.6 Å². The highest BCUT2D eigenvalue weighted by atomic mass is 16.5. The zero-order valence-electron chi connectivity index (χ0n) is 10.0. The van der Waals surface area contributed by atoms with Crippen molar-refractivity contribution < 1.29 is 9.53 Å². The molecule has 92 valence electrons. The van der Waals surface area contributed by atoms with Crippen LogP contribution in [0.5, 0.6) is 0 Å². The van der Waals surface area contributed by atoms with Crippen molar-refractivity contribution >= 4 is 11.8 Å². The average Bonchev–Trinajstić information content (AvgIpc) is 2.92. The summed E-state index contributed by atoms with van der Waals surface area (Å²) < 4.78 is 4.77. The van der Waals surface area contributed by atoms with Gasteiger partial charge in [-0.2, -0.15) is 5.26 Å². The maximum Gasteiger partial charge on any atom is 0.411 e. The standard InChI is InChI=1S/C13H13N3O2/c1-18-12(17)16-7-6-13(8-14)9-4-2-3-5-10(9)15-11(13)16/h2-5,11,15H,6-7H2,1H3/t11-,13+/m0/s1. The van der Waals surface area contributed by atoms with Crippen molar-refractivity contribution in [3.8, 4) is 6.07 Å². The largest absolute Gasteiger partial charge is 0.453 e. The van der Waals surface area contributed by atoms with E-state index in [9.17, 15) is 10.1 Å². The van der Waals surface area contributed by atoms with Gasteiger partial charge in [-0.15, -0.1) is 0 Å². The first-order valence-corrected chi connectivity index (χ1v) is 5.85. The number of nitrogens with one attached hydrogen (secondary N) is 1. The Hall–Kier alpha value is -2.22. The van der Waals surface area contributed by atoms with Crippen LogP contribution in [-0.2, 0) is 10.2 Å². The number of methoxy groups -OCH3 is 1. The molecular weight excluding hydrogens is 230 g/mol. The first-order chi connectivity index (χ1) is 8.73. The van der Waals surface area contributed by atoms with Crippen LogP contribution in [0.1, 0.15) is 12.0 Å². The Morgan fingerprint density at radius 2 is 2.39 bits per heavy atom. The van der Waals surface area contributed by atoms with Gasteiger partial charge in [0.05, 0.1) is 13.2 Å². The van der Waals surface area contributed by atoms with Crippen LogP contribution in [0.25, 0.3) is 0 Å². The number of nitriles is 1. The lowest BCUT2D eigenvalue weighted by molar-refractivity contribution is 0.120. The van der Waals surface area contributed by atoms with Crippen molar-refractivity contribution in [2.75, 3.05) is 19.0 Å². The van der Waals surface area contributed by atoms with E-state index in [0.717, 1.165) is 11.3 Å². The molecule has 0 radical (unpaired) electrons. The lowest BCUT2D eigenvalue weighted by Gasteiger charge is -2.26. The predicted octanol–water partition coefficient (Wildman–Crippen LogP) is 1.67. The SMILES string of the molecule is COC(=O)N1CC[C@@]2(C#N)c3ccccc3N[C@@H]12. The predicted molar refractivity (Wildman–Crippen MR) is 64.9 cm³/mol. The molecule has 1 amide bonds. The Bertz CT molecular complexity index is 551. The summed E-state index contributed by atoms with van der Waals surface area (Å²) in [4.78, 5) is 13.3. The highest BCUT2D eigenvalue weighted by Crippen LogP contribution is 2.48. The Morgan fingerprint density at radius 3 is 3.11 bits per heavy atom. The van der Waals surface area contributed by atoms with Gasteiger partial charge >= 0.3 is 6.09 Å². The zero-order chi connectivity index (χ0) is 12.8. The molecule has 2 atom stereocenters. The van der Waals surface area contributed by atoms with Crippen LogP contribution in [0.3, 0.4) is 0 Å². The summed E-state index contributed by atoms with van der Waals surface area (Å²) in [6.45, 7) is 0.534. The molecule has 0 bridgehead atoms. The van der Waals surface area contributed by atoms with Gasteiger partial charge in [-0.3, -0.25) is 4.90 Å². The van der Waals surface area contributed by atoms with E-state index >= 15 is 0 Å². The minimum absolute atomic E-state index is 0.327. The van der Waals surface area contributed by atoms with E-state index in [0.29, 0.717) is 13.0 Å². The van der Waals surface area contributed by atoms with Crippen molar-refractivity contribution in [2.24, 2.45) is 0 Å². The minimum atomic E-state index is -0.648. The van der Waals surface area contributed by atoms with Gasteiger partial charge in [-0.1, -0.05) is 18.2 Å². The van der Waals surface area contributed by atoms with Gasteiger partial charge in [0.25, 0.3) is 0 Å². The van der Waals surface area contributed by atoms with Crippen LogP contribution in [0.2, 0.25) is 0 Å². The minimum Gasteiger partial charge on any atom is -0.453 e. The second-order valence-corrected chi connectivity index (χ2v) is 4.59. The second kappa shape index (κ2) is 3.64. The zero-order valence-corrected chi connectivity index (χ0v) is 10.0. The molecule has 2 aliphatic rings. The number of ether oxygens (including phenoxy) is 1. The number of amides is 1. The number of benzene rings is 1. The van der Waals surface area contributed by atoms with Crippen LogP contribution in [0.4, 0.5) is 10.5 Å². The van der Waals surface area contributed by atoms with Gasteiger partial charge in [0, 0.05) is 12.2 Å². The number of para-hydroxylation sites is 1. The lowest BCUT2D eigenvalue weighted by atomic mass is 9.81. The fourth-order valence-electron chi connectivity index (χ4n) is 2.95. The van der Waals surface area contributed by atoms with E-state index in [-0.39, 0.29) is 6.17 Å². The summed E-state index contributed by atoms with van der Waals surface area (Å²) in [5.74, 6) is 0. The number of fused-ring (bicyclic) bond motifs is 3. The first kappa shape index (κ1) is 10.9. The number of carbonyl (C=O) groups excluding carboxylic acids is 1. The summed E-state index contributed by atoms with van der Waals surface area (Å²) in [5.41, 5.74) is 1.26. The van der Waals surface area contributed by atoms with Crippen molar-refractivity contribution in [1.82, 2.24) is 4.90 Å². The smallest absolute Gasteiger partial charge is 0.411 e. The molecule has 1 fully saturated rings. The van der Waals surface area contributed by atoms with E-state index in [1.807, 2.05) is 24.3 Å². The molecule has 1 saturated heterocycles. The van der Waals surface area contributed by atoms with Crippen LogP contribution in [0, 0.1) is 11.3 Å². The van der Waals surface area contributed by atoms with E-state index < -0.39 is 11.5 Å². The molecule has 2 heterocycles. The maximum atomic E-state index is 11.7. The molecular formula is C13H13N3O2. The normalized spacial score (nSPS) is 28.0. The fourth-order valence-corrected chi connectivity index (χ4v) is 2.95. The van der Waals surface area contributed by atoms with Gasteiger partial charge in [0.2, 0.25) is 0 Å². The topological polar surface area (TPSA) is 65.4 Å². The molecule has 5 nitrogen and oxygen atoms in total. The monoisotopic (exact) mass is 243 g/mol. The summed E-state index contributed by atoms with van der Waals surface area (Å²) >= 11 is 0. The third-order valence-corrected chi connectivity index (χ3v) is 3.83. The average molecular weight is 243 g/mol. The number of nitrogens with zero attached hydrogens (tertiary/aromatic N) is 2. The Balaban J connectivity index is 2.07. The number of hydrogen-bond acceptors (Lipinski definition) is 4. The van der Waals surface area contributed by atoms with E-state index in [4.69, 9.17) is 4.74 Å². The second-order valence-electron chi connectivity index (χ2n) is 4.59. The molecule has 0 aliphatic carbocycles. The molecule has 5 heteroatoms. The van der Waals surface area contributed by atoms with Gasteiger partial charge in [-0.25, -0.2) is 4.79 Å². The van der Waals surface area contributed by atoms with Crippen molar-refractivity contribution in [3.05, 3.63) is 29.8 Å². The first-order valence-electron chi connectivity index (χ1n) is 5.85. The van der Waals surface area contributed by atoms with E-state index in [2.05, 4.69) is 11.4 Å². The highest BCUT2D eigenvalue weighted by molar-refractivity contribution is 5.74. The van der Waals surface area contributed by atoms with Crippen LogP contribution < -0.4 is 5.32 Å². The van der Waals surface area contributed by atoms with Crippen molar-refractivity contribution in [1.29, 1.82) is 5.26 Å². The summed E-state index contributed by atoms with van der Waals surface area (Å²) in [7, 11) is 1.36. The molecule has 3 rings (SSSR count). The number of hydrogen-bond donors (Lipinski definition) is 1. The number of likely N-dealkylation sites (tertiary alicyclic amines) is 1. The van der Waals surface area contributed by atoms with Gasteiger partial charge < -0.3 is 10.1 Å². The van der Waals surface area contributed by atoms with Crippen LogP contribution >= 0.6 is 0 Å². The molecule has 0 unspecified atom stereocenters. The number of anilines is 1. The molecule has 1 aromatic carbocycles. The Morgan fingerprint density at radius 1 is 1.61 bits per heavy atom. The Kier molecular flexibility index (Phi) is 2.20. The molecule has 2 aliphatic heterocycles. The van der Waals surface area contributed by atoms with Gasteiger partial charge in [0.15, 0.2) is 0 Å². The number of rotatable bonds is 0. The molecule has 18 heavy (non-hydrogen) atoms. The maximum absolute atomic E-state index is 11.7. The summed E-state index contributed by atoms with van der Waals surface area (Å²) in [6.07, 6.45) is -0.0856. The molecule has 0 spiro atoms. The quantitative estimate of drug-likeness (QED) is 0.752. The van der Waals surface area contributed by atoms with Crippen molar-refractivity contribution in [3.63, 3.8) is 0 Å². The van der Waals surface area contributed by atoms with Crippen molar-refractivity contribution in [2.45, 2.75) is 18.0 Å². The summed E-state index contributed by atoms with van der Waals surface area (Å²) in [5, 5.41) is 12.8. The highest BCUT2D eigenvalue weighted by Gasteiger charge is 2.56. The van der Waals surface area contributed by atoms with Crippen LogP contribution in [-0.4, -0.2) is 30.8 Å². The molecule has 1 N–H and O–H groups in total. The molecule has 1 aromatic rings. The van der Waals surface area contributed by atoms with Gasteiger partial charge in [-0.05, 0) is 18.1 Å². The van der Waals surface area contributed by atoms with Crippen LogP contribution in [0.15, 0.2) is 24.3 Å². The molecule has 0 saturated carbocycles. The van der Waals surface area contributed by atoms with E-state index in [1.165, 1.54) is 7.11 Å². The lowest BCUT2D eigenvalue weighted by Crippen LogP contribution is -2.45.